The van der Waals surface area contributed by atoms with E-state index >= 15 is 0 Å². The van der Waals surface area contributed by atoms with Crippen molar-refractivity contribution in [2.45, 2.75) is 6.92 Å². The lowest BCUT2D eigenvalue weighted by Gasteiger charge is -2.06. The van der Waals surface area contributed by atoms with Crippen LogP contribution < -0.4 is 0 Å². The summed E-state index contributed by atoms with van der Waals surface area (Å²) in [5.74, 6) is -0.405. The number of hydrogen-bond acceptors (Lipinski definition) is 3. The standard InChI is InChI=1S/C14H13ClN2O2/c1-3-13-12(14(18)19-4-2)9-16-17(13)11-7-5-10(15)6-8-11/h3,5-9H,1,4H2,2H3. The van der Waals surface area contributed by atoms with E-state index in [9.17, 15) is 4.79 Å². The molecule has 0 aliphatic carbocycles. The van der Waals surface area contributed by atoms with Crippen molar-refractivity contribution < 1.29 is 9.53 Å². The number of carbonyl (C=O) groups excluding carboxylic acids is 1. The van der Waals surface area contributed by atoms with Gasteiger partial charge in [0, 0.05) is 5.02 Å². The SMILES string of the molecule is C=Cc1c(C(=O)OCC)cnn1-c1ccc(Cl)cc1. The lowest BCUT2D eigenvalue weighted by atomic mass is 10.2. The van der Waals surface area contributed by atoms with Gasteiger partial charge in [0.15, 0.2) is 0 Å². The van der Waals surface area contributed by atoms with Crippen LogP contribution in [0.5, 0.6) is 0 Å². The predicted molar refractivity (Wildman–Crippen MR) is 74.6 cm³/mol. The molecule has 19 heavy (non-hydrogen) atoms. The van der Waals surface area contributed by atoms with Gasteiger partial charge in [-0.1, -0.05) is 18.2 Å². The molecule has 0 bridgehead atoms. The Kier molecular flexibility index (Phi) is 4.02. The average Bonchev–Trinajstić information content (AvgIpc) is 2.83. The largest absolute Gasteiger partial charge is 0.462 e. The molecule has 0 N–H and O–H groups in total. The number of benzene rings is 1. The number of halogens is 1. The van der Waals surface area contributed by atoms with Gasteiger partial charge in [-0.25, -0.2) is 9.48 Å². The predicted octanol–water partition coefficient (Wildman–Crippen LogP) is 3.35. The van der Waals surface area contributed by atoms with Crippen LogP contribution >= 0.6 is 11.6 Å². The molecular formula is C14H13ClN2O2. The van der Waals surface area contributed by atoms with Gasteiger partial charge in [0.1, 0.15) is 5.56 Å². The maximum absolute atomic E-state index is 11.8. The van der Waals surface area contributed by atoms with Crippen molar-refractivity contribution in [2.75, 3.05) is 6.61 Å². The van der Waals surface area contributed by atoms with Gasteiger partial charge in [0.2, 0.25) is 0 Å². The Balaban J connectivity index is 2.45. The molecule has 0 atom stereocenters. The van der Waals surface area contributed by atoms with Crippen LogP contribution in [0.15, 0.2) is 37.0 Å². The van der Waals surface area contributed by atoms with Gasteiger partial charge in [-0.05, 0) is 37.3 Å². The van der Waals surface area contributed by atoms with Gasteiger partial charge in [-0.3, -0.25) is 0 Å². The highest BCUT2D eigenvalue weighted by Gasteiger charge is 2.17. The van der Waals surface area contributed by atoms with Crippen LogP contribution in [0.4, 0.5) is 0 Å². The molecule has 0 saturated heterocycles. The van der Waals surface area contributed by atoms with Crippen molar-refractivity contribution in [3.8, 4) is 5.69 Å². The van der Waals surface area contributed by atoms with Gasteiger partial charge in [0.25, 0.3) is 0 Å². The Morgan fingerprint density at radius 2 is 2.16 bits per heavy atom. The minimum atomic E-state index is -0.405. The molecule has 1 aromatic heterocycles. The van der Waals surface area contributed by atoms with Crippen molar-refractivity contribution in [1.82, 2.24) is 9.78 Å². The van der Waals surface area contributed by atoms with Gasteiger partial charge < -0.3 is 4.74 Å². The fourth-order valence-electron chi connectivity index (χ4n) is 1.71. The van der Waals surface area contributed by atoms with Crippen molar-refractivity contribution in [2.24, 2.45) is 0 Å². The number of nitrogens with zero attached hydrogens (tertiary/aromatic N) is 2. The topological polar surface area (TPSA) is 44.1 Å². The number of aromatic nitrogens is 2. The molecule has 98 valence electrons. The van der Waals surface area contributed by atoms with Crippen molar-refractivity contribution in [3.05, 3.63) is 53.3 Å². The first-order valence-corrected chi connectivity index (χ1v) is 6.18. The normalized spacial score (nSPS) is 10.2. The zero-order valence-electron chi connectivity index (χ0n) is 10.5. The van der Waals surface area contributed by atoms with Crippen LogP contribution in [0.3, 0.4) is 0 Å². The third-order valence-electron chi connectivity index (χ3n) is 2.57. The smallest absolute Gasteiger partial charge is 0.341 e. The fraction of sp³-hybridized carbons (Fsp3) is 0.143. The molecular weight excluding hydrogens is 264 g/mol. The van der Waals surface area contributed by atoms with Gasteiger partial charge in [-0.2, -0.15) is 5.10 Å². The minimum Gasteiger partial charge on any atom is -0.462 e. The quantitative estimate of drug-likeness (QED) is 0.805. The summed E-state index contributed by atoms with van der Waals surface area (Å²) in [6, 6.07) is 7.15. The minimum absolute atomic E-state index is 0.321. The summed E-state index contributed by atoms with van der Waals surface area (Å²) < 4.78 is 6.60. The molecule has 0 unspecified atom stereocenters. The second-order valence-electron chi connectivity index (χ2n) is 3.76. The first kappa shape index (κ1) is 13.4. The number of esters is 1. The second-order valence-corrected chi connectivity index (χ2v) is 4.19. The maximum atomic E-state index is 11.8. The van der Waals surface area contributed by atoms with Crippen LogP contribution in [0.2, 0.25) is 5.02 Å². The molecule has 0 fully saturated rings. The van der Waals surface area contributed by atoms with E-state index in [2.05, 4.69) is 11.7 Å². The van der Waals surface area contributed by atoms with Gasteiger partial charge in [0.05, 0.1) is 24.2 Å². The Morgan fingerprint density at radius 1 is 1.47 bits per heavy atom. The van der Waals surface area contributed by atoms with E-state index in [1.54, 1.807) is 29.8 Å². The average molecular weight is 277 g/mol. The monoisotopic (exact) mass is 276 g/mol. The molecule has 0 aliphatic heterocycles. The first-order chi connectivity index (χ1) is 9.17. The molecule has 0 amide bonds. The van der Waals surface area contributed by atoms with E-state index in [0.29, 0.717) is 22.9 Å². The summed E-state index contributed by atoms with van der Waals surface area (Å²) in [5, 5.41) is 4.83. The lowest BCUT2D eigenvalue weighted by Crippen LogP contribution is -2.06. The summed E-state index contributed by atoms with van der Waals surface area (Å²) in [4.78, 5) is 11.8. The van der Waals surface area contributed by atoms with Crippen LogP contribution in [-0.4, -0.2) is 22.4 Å². The maximum Gasteiger partial charge on any atom is 0.341 e. The number of rotatable bonds is 4. The van der Waals surface area contributed by atoms with E-state index in [0.717, 1.165) is 5.69 Å². The molecule has 0 radical (unpaired) electrons. The van der Waals surface area contributed by atoms with Crippen LogP contribution in [-0.2, 0) is 4.74 Å². The van der Waals surface area contributed by atoms with E-state index < -0.39 is 5.97 Å². The summed E-state index contributed by atoms with van der Waals surface area (Å²) in [5.41, 5.74) is 1.79. The van der Waals surface area contributed by atoms with E-state index in [-0.39, 0.29) is 0 Å². The Labute approximate surface area is 116 Å². The number of ether oxygens (including phenoxy) is 1. The third kappa shape index (κ3) is 2.69. The molecule has 0 spiro atoms. The number of carbonyl (C=O) groups is 1. The highest BCUT2D eigenvalue weighted by Crippen LogP contribution is 2.19. The van der Waals surface area contributed by atoms with Crippen LogP contribution in [0.25, 0.3) is 11.8 Å². The molecule has 2 rings (SSSR count). The molecule has 0 aliphatic rings. The van der Waals surface area contributed by atoms with Crippen molar-refractivity contribution in [1.29, 1.82) is 0 Å². The lowest BCUT2D eigenvalue weighted by molar-refractivity contribution is 0.0526. The van der Waals surface area contributed by atoms with E-state index in [1.165, 1.54) is 6.20 Å². The molecule has 1 heterocycles. The van der Waals surface area contributed by atoms with E-state index in [1.807, 2.05) is 12.1 Å². The Morgan fingerprint density at radius 3 is 2.74 bits per heavy atom. The summed E-state index contributed by atoms with van der Waals surface area (Å²) in [6.07, 6.45) is 3.05. The van der Waals surface area contributed by atoms with Crippen LogP contribution in [0, 0.1) is 0 Å². The highest BCUT2D eigenvalue weighted by molar-refractivity contribution is 6.30. The molecule has 0 saturated carbocycles. The second kappa shape index (κ2) is 5.71. The Hall–Kier alpha value is -2.07. The molecule has 4 nitrogen and oxygen atoms in total. The summed E-state index contributed by atoms with van der Waals surface area (Å²) in [6.45, 7) is 5.80. The van der Waals surface area contributed by atoms with E-state index in [4.69, 9.17) is 16.3 Å². The van der Waals surface area contributed by atoms with Crippen molar-refractivity contribution in [3.63, 3.8) is 0 Å². The third-order valence-corrected chi connectivity index (χ3v) is 2.82. The zero-order valence-corrected chi connectivity index (χ0v) is 11.2. The van der Waals surface area contributed by atoms with Crippen LogP contribution in [0.1, 0.15) is 23.0 Å². The Bertz CT molecular complexity index is 602. The molecule has 5 heteroatoms. The first-order valence-electron chi connectivity index (χ1n) is 5.81. The zero-order chi connectivity index (χ0) is 13.8. The highest BCUT2D eigenvalue weighted by atomic mass is 35.5. The van der Waals surface area contributed by atoms with Crippen molar-refractivity contribution >= 4 is 23.6 Å². The number of hydrogen-bond donors (Lipinski definition) is 0. The summed E-state index contributed by atoms with van der Waals surface area (Å²) in [7, 11) is 0. The molecule has 1 aromatic carbocycles. The van der Waals surface area contributed by atoms with Gasteiger partial charge >= 0.3 is 5.97 Å². The fourth-order valence-corrected chi connectivity index (χ4v) is 1.83. The summed E-state index contributed by atoms with van der Waals surface area (Å²) >= 11 is 5.85. The van der Waals surface area contributed by atoms with Gasteiger partial charge in [-0.15, -0.1) is 0 Å². The molecule has 2 aromatic rings.